The molecule has 0 aliphatic heterocycles. The van der Waals surface area contributed by atoms with Crippen LogP contribution in [-0.2, 0) is 0 Å². The van der Waals surface area contributed by atoms with Crippen molar-refractivity contribution >= 4 is 12.6 Å². The van der Waals surface area contributed by atoms with E-state index in [1.165, 1.54) is 6.34 Å². The first-order chi connectivity index (χ1) is 5.91. The quantitative estimate of drug-likeness (QED) is 0.458. The molecule has 0 aromatic carbocycles. The van der Waals surface area contributed by atoms with Crippen LogP contribution in [0, 0.1) is 0 Å². The third kappa shape index (κ3) is 35.6. The van der Waals surface area contributed by atoms with E-state index in [9.17, 15) is 0 Å². The minimum absolute atomic E-state index is 0.786. The first-order valence-electron chi connectivity index (χ1n) is 4.54. The van der Waals surface area contributed by atoms with Crippen LogP contribution in [0.15, 0.2) is 22.6 Å². The second-order valence-electron chi connectivity index (χ2n) is 1.15. The van der Waals surface area contributed by atoms with Gasteiger partial charge in [-0.2, -0.15) is 0 Å². The van der Waals surface area contributed by atoms with Crippen molar-refractivity contribution in [1.29, 1.82) is 0 Å². The SMILES string of the molecule is C=CC=NC=NCC.CC.CC. The van der Waals surface area contributed by atoms with Gasteiger partial charge in [0.15, 0.2) is 0 Å². The van der Waals surface area contributed by atoms with Crippen LogP contribution in [0.1, 0.15) is 34.6 Å². The van der Waals surface area contributed by atoms with Gasteiger partial charge in [0.25, 0.3) is 0 Å². The van der Waals surface area contributed by atoms with Crippen LogP contribution in [0.3, 0.4) is 0 Å². The van der Waals surface area contributed by atoms with E-state index >= 15 is 0 Å². The van der Waals surface area contributed by atoms with E-state index in [1.54, 1.807) is 12.3 Å². The molecule has 0 radical (unpaired) electrons. The minimum Gasteiger partial charge on any atom is -0.274 e. The van der Waals surface area contributed by atoms with E-state index in [-0.39, 0.29) is 0 Å². The lowest BCUT2D eigenvalue weighted by molar-refractivity contribution is 1.14. The highest BCUT2D eigenvalue weighted by molar-refractivity contribution is 5.79. The molecule has 0 aromatic rings. The van der Waals surface area contributed by atoms with Crippen molar-refractivity contribution in [3.8, 4) is 0 Å². The minimum atomic E-state index is 0.786. The summed E-state index contributed by atoms with van der Waals surface area (Å²) in [6.07, 6.45) is 4.72. The Labute approximate surface area is 77.1 Å². The Morgan fingerprint density at radius 2 is 1.67 bits per heavy atom. The Kier molecular flexibility index (Phi) is 46.3. The average molecular weight is 170 g/mol. The molecular formula is C10H22N2. The van der Waals surface area contributed by atoms with Gasteiger partial charge in [-0.15, -0.1) is 0 Å². The van der Waals surface area contributed by atoms with Crippen molar-refractivity contribution in [3.05, 3.63) is 12.7 Å². The van der Waals surface area contributed by atoms with Gasteiger partial charge in [0.1, 0.15) is 6.34 Å². The topological polar surface area (TPSA) is 24.7 Å². The molecule has 0 aliphatic rings. The highest BCUT2D eigenvalue weighted by atomic mass is 14.8. The summed E-state index contributed by atoms with van der Waals surface area (Å²) in [4.78, 5) is 7.58. The van der Waals surface area contributed by atoms with Crippen LogP contribution in [-0.4, -0.2) is 19.1 Å². The summed E-state index contributed by atoms with van der Waals surface area (Å²) in [5.41, 5.74) is 0. The molecule has 0 N–H and O–H groups in total. The molecule has 0 atom stereocenters. The first-order valence-corrected chi connectivity index (χ1v) is 4.54. The number of aliphatic imine (C=N–C) groups is 2. The molecule has 0 amide bonds. The molecule has 12 heavy (non-hydrogen) atoms. The molecule has 0 aromatic heterocycles. The van der Waals surface area contributed by atoms with Crippen molar-refractivity contribution in [3.63, 3.8) is 0 Å². The van der Waals surface area contributed by atoms with Gasteiger partial charge >= 0.3 is 0 Å². The Bertz CT molecular complexity index is 104. The predicted molar refractivity (Wildman–Crippen MR) is 60.4 cm³/mol. The lowest BCUT2D eigenvalue weighted by Crippen LogP contribution is -1.69. The van der Waals surface area contributed by atoms with Gasteiger partial charge in [0.05, 0.1) is 0 Å². The number of nitrogens with zero attached hydrogens (tertiary/aromatic N) is 2. The van der Waals surface area contributed by atoms with Crippen molar-refractivity contribution in [1.82, 2.24) is 0 Å². The van der Waals surface area contributed by atoms with Gasteiger partial charge in [-0.05, 0) is 6.92 Å². The van der Waals surface area contributed by atoms with Crippen LogP contribution in [0.2, 0.25) is 0 Å². The highest BCUT2D eigenvalue weighted by Crippen LogP contribution is 1.63. The van der Waals surface area contributed by atoms with Crippen LogP contribution >= 0.6 is 0 Å². The Morgan fingerprint density at radius 1 is 1.17 bits per heavy atom. The molecule has 0 aliphatic carbocycles. The van der Waals surface area contributed by atoms with Crippen LogP contribution in [0.4, 0.5) is 0 Å². The molecule has 0 heterocycles. The maximum absolute atomic E-state index is 3.84. The van der Waals surface area contributed by atoms with E-state index < -0.39 is 0 Å². The van der Waals surface area contributed by atoms with E-state index in [2.05, 4.69) is 16.6 Å². The predicted octanol–water partition coefficient (Wildman–Crippen LogP) is 3.34. The van der Waals surface area contributed by atoms with E-state index in [0.29, 0.717) is 0 Å². The van der Waals surface area contributed by atoms with Gasteiger partial charge in [-0.3, -0.25) is 4.99 Å². The Hall–Kier alpha value is -0.920. The van der Waals surface area contributed by atoms with Gasteiger partial charge in [0, 0.05) is 12.8 Å². The molecule has 0 spiro atoms. The summed E-state index contributed by atoms with van der Waals surface area (Å²) < 4.78 is 0. The highest BCUT2D eigenvalue weighted by Gasteiger charge is 1.59. The van der Waals surface area contributed by atoms with Crippen LogP contribution in [0.5, 0.6) is 0 Å². The van der Waals surface area contributed by atoms with Crippen molar-refractivity contribution in [2.24, 2.45) is 9.98 Å². The monoisotopic (exact) mass is 170 g/mol. The molecular weight excluding hydrogens is 148 g/mol. The molecule has 0 saturated heterocycles. The summed E-state index contributed by atoms with van der Waals surface area (Å²) in [5.74, 6) is 0. The average Bonchev–Trinajstić information content (AvgIpc) is 2.19. The molecule has 72 valence electrons. The molecule has 2 heteroatoms. The van der Waals surface area contributed by atoms with Gasteiger partial charge in [-0.1, -0.05) is 40.3 Å². The van der Waals surface area contributed by atoms with E-state index in [0.717, 1.165) is 6.54 Å². The maximum Gasteiger partial charge on any atom is 0.109 e. The maximum atomic E-state index is 3.84. The Morgan fingerprint density at radius 3 is 2.00 bits per heavy atom. The van der Waals surface area contributed by atoms with Crippen LogP contribution in [0.25, 0.3) is 0 Å². The molecule has 0 rings (SSSR count). The number of hydrogen-bond donors (Lipinski definition) is 0. The van der Waals surface area contributed by atoms with Crippen molar-refractivity contribution in [2.45, 2.75) is 34.6 Å². The standard InChI is InChI=1S/C6H10N2.2C2H6/c1-3-5-8-6-7-4-2;2*1-2/h3,5-6H,1,4H2,2H3;2*1-2H3. The smallest absolute Gasteiger partial charge is 0.109 e. The largest absolute Gasteiger partial charge is 0.274 e. The fourth-order valence-corrected chi connectivity index (χ4v) is 0.228. The molecule has 0 fully saturated rings. The zero-order valence-electron chi connectivity index (χ0n) is 9.04. The first kappa shape index (κ1) is 17.2. The molecule has 0 unspecified atom stereocenters. The van der Waals surface area contributed by atoms with E-state index in [1.807, 2.05) is 34.6 Å². The van der Waals surface area contributed by atoms with Crippen molar-refractivity contribution < 1.29 is 0 Å². The number of rotatable bonds is 3. The lowest BCUT2D eigenvalue weighted by Gasteiger charge is -1.73. The fourth-order valence-electron chi connectivity index (χ4n) is 0.228. The second-order valence-corrected chi connectivity index (χ2v) is 1.15. The Balaban J connectivity index is -0.000000175. The van der Waals surface area contributed by atoms with Gasteiger partial charge < -0.3 is 0 Å². The zero-order valence-corrected chi connectivity index (χ0v) is 9.04. The fraction of sp³-hybridized carbons (Fsp3) is 0.600. The van der Waals surface area contributed by atoms with Gasteiger partial charge in [0.2, 0.25) is 0 Å². The third-order valence-corrected chi connectivity index (χ3v) is 0.522. The normalized spacial score (nSPS) is 8.42. The van der Waals surface area contributed by atoms with Crippen molar-refractivity contribution in [2.75, 3.05) is 6.54 Å². The lowest BCUT2D eigenvalue weighted by atomic mass is 10.7. The van der Waals surface area contributed by atoms with Crippen LogP contribution < -0.4 is 0 Å². The van der Waals surface area contributed by atoms with Gasteiger partial charge in [-0.25, -0.2) is 4.99 Å². The molecule has 2 nitrogen and oxygen atoms in total. The summed E-state index contributed by atoms with van der Waals surface area (Å²) in [6, 6.07) is 0. The zero-order chi connectivity index (χ0) is 10.2. The molecule has 0 bridgehead atoms. The number of allylic oxidation sites excluding steroid dienone is 1. The second kappa shape index (κ2) is 32.2. The summed E-state index contributed by atoms with van der Waals surface area (Å²) >= 11 is 0. The summed E-state index contributed by atoms with van der Waals surface area (Å²) in [5, 5.41) is 0. The number of hydrogen-bond acceptors (Lipinski definition) is 1. The third-order valence-electron chi connectivity index (χ3n) is 0.522. The van der Waals surface area contributed by atoms with E-state index in [4.69, 9.17) is 0 Å². The molecule has 0 saturated carbocycles. The summed E-state index contributed by atoms with van der Waals surface area (Å²) in [7, 11) is 0. The summed E-state index contributed by atoms with van der Waals surface area (Å²) in [6.45, 7) is 14.2.